The minimum Gasteiger partial charge on any atom is -0.480 e. The molecule has 0 radical (unpaired) electrons. The normalized spacial score (nSPS) is 11.6. The van der Waals surface area contributed by atoms with E-state index in [0.29, 0.717) is 17.1 Å². The molecule has 128 valence electrons. The van der Waals surface area contributed by atoms with Crippen LogP contribution in [0.25, 0.3) is 16.5 Å². The summed E-state index contributed by atoms with van der Waals surface area (Å²) < 4.78 is 5.21. The first kappa shape index (κ1) is 16.7. The number of pyridine rings is 1. The molecule has 3 rings (SSSR count). The van der Waals surface area contributed by atoms with E-state index in [0.717, 1.165) is 22.2 Å². The Kier molecular flexibility index (Phi) is 4.76. The second-order valence-corrected chi connectivity index (χ2v) is 5.34. The lowest BCUT2D eigenvalue weighted by Gasteiger charge is -2.09. The number of aromatic amines is 1. The van der Waals surface area contributed by atoms with Crippen LogP contribution in [0.1, 0.15) is 17.0 Å². The van der Waals surface area contributed by atoms with Gasteiger partial charge in [-0.15, -0.1) is 5.10 Å². The molecule has 0 aliphatic carbocycles. The lowest BCUT2D eigenvalue weighted by Crippen LogP contribution is -2.13. The van der Waals surface area contributed by atoms with Gasteiger partial charge in [0.05, 0.1) is 23.7 Å². The van der Waals surface area contributed by atoms with Gasteiger partial charge in [-0.2, -0.15) is 5.48 Å². The number of rotatable bonds is 5. The van der Waals surface area contributed by atoms with Gasteiger partial charge in [0, 0.05) is 24.4 Å². The van der Waals surface area contributed by atoms with Crippen LogP contribution in [0.5, 0.6) is 5.88 Å². The monoisotopic (exact) mass is 338 g/mol. The maximum atomic E-state index is 12.0. The number of hydrogen-bond donors (Lipinski definition) is 2. The number of H-pyrrole nitrogens is 1. The second kappa shape index (κ2) is 7.14. The Morgan fingerprint density at radius 1 is 1.28 bits per heavy atom. The minimum atomic E-state index is -0.511. The van der Waals surface area contributed by atoms with Crippen molar-refractivity contribution in [1.82, 2.24) is 20.7 Å². The average molecular weight is 338 g/mol. The molecule has 0 atom stereocenters. The summed E-state index contributed by atoms with van der Waals surface area (Å²) >= 11 is 0. The Morgan fingerprint density at radius 3 is 2.84 bits per heavy atom. The molecule has 0 aliphatic heterocycles. The predicted octanol–water partition coefficient (Wildman–Crippen LogP) is 2.38. The molecule has 0 bridgehead atoms. The van der Waals surface area contributed by atoms with Crippen LogP contribution in [0.15, 0.2) is 42.5 Å². The number of ether oxygens (including phenoxy) is 1. The molecule has 2 aromatic heterocycles. The summed E-state index contributed by atoms with van der Waals surface area (Å²) in [6.07, 6.45) is 1.41. The Balaban J connectivity index is 2.12. The Labute approximate surface area is 144 Å². The maximum absolute atomic E-state index is 12.0. The highest BCUT2D eigenvalue weighted by Crippen LogP contribution is 2.28. The third-order valence-corrected chi connectivity index (χ3v) is 3.66. The zero-order chi connectivity index (χ0) is 17.8. The highest BCUT2D eigenvalue weighted by molar-refractivity contribution is 5.97. The van der Waals surface area contributed by atoms with Gasteiger partial charge in [-0.05, 0) is 36.8 Å². The SMILES string of the molecule is CNOC(=O)/C=C(/c1ccc2c(OC)n[nH]c2c1)c1cccc(C)n1. The van der Waals surface area contributed by atoms with Crippen molar-refractivity contribution in [2.45, 2.75) is 6.92 Å². The first-order valence-corrected chi connectivity index (χ1v) is 7.68. The summed E-state index contributed by atoms with van der Waals surface area (Å²) in [6.45, 7) is 1.90. The van der Waals surface area contributed by atoms with Crippen LogP contribution >= 0.6 is 0 Å². The number of hydrogen-bond acceptors (Lipinski definition) is 6. The van der Waals surface area contributed by atoms with Crippen LogP contribution in [0.2, 0.25) is 0 Å². The highest BCUT2D eigenvalue weighted by atomic mass is 16.7. The molecule has 0 spiro atoms. The summed E-state index contributed by atoms with van der Waals surface area (Å²) in [7, 11) is 3.10. The molecule has 0 saturated heterocycles. The van der Waals surface area contributed by atoms with Crippen molar-refractivity contribution in [3.05, 3.63) is 59.4 Å². The Morgan fingerprint density at radius 2 is 2.12 bits per heavy atom. The fourth-order valence-electron chi connectivity index (χ4n) is 2.56. The lowest BCUT2D eigenvalue weighted by molar-refractivity contribution is -0.143. The van der Waals surface area contributed by atoms with E-state index in [4.69, 9.17) is 9.57 Å². The van der Waals surface area contributed by atoms with E-state index >= 15 is 0 Å². The number of hydroxylamine groups is 1. The average Bonchev–Trinajstić information content (AvgIpc) is 3.02. The summed E-state index contributed by atoms with van der Waals surface area (Å²) in [5, 5.41) is 7.89. The molecule has 2 heterocycles. The predicted molar refractivity (Wildman–Crippen MR) is 93.9 cm³/mol. The second-order valence-electron chi connectivity index (χ2n) is 5.34. The van der Waals surface area contributed by atoms with Gasteiger partial charge in [-0.3, -0.25) is 10.1 Å². The molecular formula is C18H18N4O3. The number of methoxy groups -OCH3 is 1. The van der Waals surface area contributed by atoms with Gasteiger partial charge in [0.1, 0.15) is 0 Å². The molecule has 2 N–H and O–H groups in total. The number of nitrogens with zero attached hydrogens (tertiary/aromatic N) is 2. The topological polar surface area (TPSA) is 89.1 Å². The molecule has 7 nitrogen and oxygen atoms in total. The van der Waals surface area contributed by atoms with Crippen molar-refractivity contribution in [3.8, 4) is 5.88 Å². The van der Waals surface area contributed by atoms with Gasteiger partial charge >= 0.3 is 5.97 Å². The number of carbonyl (C=O) groups excluding carboxylic acids is 1. The Hall–Kier alpha value is -3.19. The van der Waals surface area contributed by atoms with Gasteiger partial charge < -0.3 is 9.57 Å². The molecule has 7 heteroatoms. The van der Waals surface area contributed by atoms with Gasteiger partial charge in [-0.1, -0.05) is 12.1 Å². The molecule has 1 aromatic carbocycles. The standard InChI is InChI=1S/C18H18N4O3/c1-11-5-4-6-15(20-11)14(10-17(23)25-19-2)12-7-8-13-16(9-12)21-22-18(13)24-3/h4-10,19H,1-3H3,(H,21,22)/b14-10-. The van der Waals surface area contributed by atoms with Gasteiger partial charge in [-0.25, -0.2) is 4.79 Å². The van der Waals surface area contributed by atoms with Crippen LogP contribution in [0.3, 0.4) is 0 Å². The van der Waals surface area contributed by atoms with Crippen LogP contribution in [-0.4, -0.2) is 35.3 Å². The van der Waals surface area contributed by atoms with E-state index in [9.17, 15) is 4.79 Å². The van der Waals surface area contributed by atoms with Crippen LogP contribution < -0.4 is 10.2 Å². The first-order chi connectivity index (χ1) is 12.1. The van der Waals surface area contributed by atoms with E-state index < -0.39 is 5.97 Å². The van der Waals surface area contributed by atoms with E-state index in [1.54, 1.807) is 7.11 Å². The quantitative estimate of drug-likeness (QED) is 0.548. The van der Waals surface area contributed by atoms with Crippen molar-refractivity contribution in [1.29, 1.82) is 0 Å². The highest BCUT2D eigenvalue weighted by Gasteiger charge is 2.13. The largest absolute Gasteiger partial charge is 0.480 e. The van der Waals surface area contributed by atoms with Crippen LogP contribution in [0, 0.1) is 6.92 Å². The van der Waals surface area contributed by atoms with Crippen molar-refractivity contribution in [2.24, 2.45) is 0 Å². The fourth-order valence-corrected chi connectivity index (χ4v) is 2.56. The summed E-state index contributed by atoms with van der Waals surface area (Å²) in [4.78, 5) is 21.3. The minimum absolute atomic E-state index is 0.511. The van der Waals surface area contributed by atoms with Gasteiger partial charge in [0.15, 0.2) is 0 Å². The number of fused-ring (bicyclic) bond motifs is 1. The molecule has 0 saturated carbocycles. The van der Waals surface area contributed by atoms with Crippen molar-refractivity contribution in [2.75, 3.05) is 14.2 Å². The summed E-state index contributed by atoms with van der Waals surface area (Å²) in [6, 6.07) is 11.3. The fraction of sp³-hybridized carbons (Fsp3) is 0.167. The zero-order valence-corrected chi connectivity index (χ0v) is 14.2. The third kappa shape index (κ3) is 3.51. The molecule has 25 heavy (non-hydrogen) atoms. The van der Waals surface area contributed by atoms with Crippen molar-refractivity contribution < 1.29 is 14.4 Å². The first-order valence-electron chi connectivity index (χ1n) is 7.68. The van der Waals surface area contributed by atoms with E-state index in [2.05, 4.69) is 20.7 Å². The molecule has 0 fully saturated rings. The number of benzene rings is 1. The van der Waals surface area contributed by atoms with E-state index in [1.807, 2.05) is 43.3 Å². The van der Waals surface area contributed by atoms with Crippen LogP contribution in [0.4, 0.5) is 0 Å². The lowest BCUT2D eigenvalue weighted by atomic mass is 10.00. The summed E-state index contributed by atoms with van der Waals surface area (Å²) in [5.41, 5.74) is 6.18. The molecule has 0 amide bonds. The number of nitrogens with one attached hydrogen (secondary N) is 2. The number of carbonyl (C=O) groups is 1. The van der Waals surface area contributed by atoms with Crippen molar-refractivity contribution >= 4 is 22.4 Å². The third-order valence-electron chi connectivity index (χ3n) is 3.66. The maximum Gasteiger partial charge on any atom is 0.350 e. The van der Waals surface area contributed by atoms with E-state index in [1.165, 1.54) is 13.1 Å². The van der Waals surface area contributed by atoms with Crippen molar-refractivity contribution in [3.63, 3.8) is 0 Å². The smallest absolute Gasteiger partial charge is 0.350 e. The van der Waals surface area contributed by atoms with Crippen LogP contribution in [-0.2, 0) is 9.63 Å². The van der Waals surface area contributed by atoms with Gasteiger partial charge in [0.2, 0.25) is 5.88 Å². The zero-order valence-electron chi connectivity index (χ0n) is 14.2. The van der Waals surface area contributed by atoms with Gasteiger partial charge in [0.25, 0.3) is 0 Å². The number of aromatic nitrogens is 3. The Bertz CT molecular complexity index is 946. The molecule has 3 aromatic rings. The molecule has 0 unspecified atom stereocenters. The number of aryl methyl sites for hydroxylation is 1. The molecule has 0 aliphatic rings. The summed E-state index contributed by atoms with van der Waals surface area (Å²) in [5.74, 6) is 0.0125. The van der Waals surface area contributed by atoms with E-state index in [-0.39, 0.29) is 0 Å². The molecular weight excluding hydrogens is 320 g/mol.